The molecule has 3 rings (SSSR count). The fraction of sp³-hybridized carbons (Fsp3) is 0.389. The highest BCUT2D eigenvalue weighted by Gasteiger charge is 2.25. The van der Waals surface area contributed by atoms with Crippen molar-refractivity contribution in [3.63, 3.8) is 0 Å². The Morgan fingerprint density at radius 1 is 1.20 bits per heavy atom. The molecule has 0 spiro atoms. The molecule has 7 nitrogen and oxygen atoms in total. The average molecular weight is 337 g/mol. The number of nitrogens with one attached hydrogen (secondary N) is 1. The molecule has 0 atom stereocenters. The Kier molecular flexibility index (Phi) is 5.19. The van der Waals surface area contributed by atoms with E-state index in [0.29, 0.717) is 5.56 Å². The van der Waals surface area contributed by atoms with Crippen molar-refractivity contribution < 1.29 is 9.53 Å². The summed E-state index contributed by atoms with van der Waals surface area (Å²) in [5.74, 6) is 0.194. The van der Waals surface area contributed by atoms with Gasteiger partial charge in [0, 0.05) is 30.3 Å². The molecule has 1 fully saturated rings. The van der Waals surface area contributed by atoms with Crippen LogP contribution in [0.3, 0.4) is 0 Å². The molecule has 1 N–H and O–H groups in total. The highest BCUT2D eigenvalue weighted by atomic mass is 16.5. The zero-order chi connectivity index (χ0) is 17.6. The van der Waals surface area contributed by atoms with Crippen LogP contribution in [0.4, 0.5) is 0 Å². The average Bonchev–Trinajstić information content (AvgIpc) is 2.64. The molecule has 0 unspecified atom stereocenters. The zero-order valence-electron chi connectivity index (χ0n) is 14.0. The molecule has 2 aromatic rings. The molecular weight excluding hydrogens is 318 g/mol. The first-order valence-electron chi connectivity index (χ1n) is 8.27. The summed E-state index contributed by atoms with van der Waals surface area (Å²) in [4.78, 5) is 24.5. The topological polar surface area (TPSA) is 101 Å². The fourth-order valence-corrected chi connectivity index (χ4v) is 2.96. The number of rotatable bonds is 4. The maximum Gasteiger partial charge on any atom is 0.253 e. The van der Waals surface area contributed by atoms with Crippen LogP contribution in [0.25, 0.3) is 0 Å². The van der Waals surface area contributed by atoms with E-state index < -0.39 is 0 Å². The van der Waals surface area contributed by atoms with E-state index in [1.54, 1.807) is 18.3 Å². The predicted molar refractivity (Wildman–Crippen MR) is 89.9 cm³/mol. The Labute approximate surface area is 146 Å². The van der Waals surface area contributed by atoms with Gasteiger partial charge in [-0.3, -0.25) is 9.78 Å². The third-order valence-electron chi connectivity index (χ3n) is 4.31. The second kappa shape index (κ2) is 7.71. The van der Waals surface area contributed by atoms with Gasteiger partial charge in [0.2, 0.25) is 5.69 Å². The lowest BCUT2D eigenvalue weighted by Gasteiger charge is -2.29. The SMILES string of the molecule is Cc1ncccc1C(=O)NC1CCC(Oc2nccnc2C#N)CC1. The van der Waals surface area contributed by atoms with Crippen molar-refractivity contribution in [3.8, 4) is 11.9 Å². The smallest absolute Gasteiger partial charge is 0.253 e. The molecule has 1 saturated carbocycles. The van der Waals surface area contributed by atoms with Crippen LogP contribution in [-0.4, -0.2) is 33.0 Å². The number of carbonyl (C=O) groups excluding carboxylic acids is 1. The van der Waals surface area contributed by atoms with Gasteiger partial charge >= 0.3 is 0 Å². The van der Waals surface area contributed by atoms with Crippen LogP contribution in [0.2, 0.25) is 0 Å². The monoisotopic (exact) mass is 337 g/mol. The van der Waals surface area contributed by atoms with Crippen molar-refractivity contribution in [2.45, 2.75) is 44.8 Å². The van der Waals surface area contributed by atoms with E-state index in [-0.39, 0.29) is 29.6 Å². The summed E-state index contributed by atoms with van der Waals surface area (Å²) in [6, 6.07) is 5.64. The Hall–Kier alpha value is -3.01. The first-order valence-corrected chi connectivity index (χ1v) is 8.27. The minimum Gasteiger partial charge on any atom is -0.472 e. The molecular formula is C18H19N5O2. The van der Waals surface area contributed by atoms with Crippen molar-refractivity contribution in [3.05, 3.63) is 47.7 Å². The van der Waals surface area contributed by atoms with Crippen molar-refractivity contribution in [2.24, 2.45) is 0 Å². The molecule has 1 aliphatic rings. The van der Waals surface area contributed by atoms with Crippen LogP contribution in [0, 0.1) is 18.3 Å². The van der Waals surface area contributed by atoms with E-state index in [1.807, 2.05) is 13.0 Å². The molecule has 7 heteroatoms. The molecule has 1 aliphatic carbocycles. The molecule has 25 heavy (non-hydrogen) atoms. The van der Waals surface area contributed by atoms with Gasteiger partial charge in [-0.2, -0.15) is 5.26 Å². The normalized spacial score (nSPS) is 19.7. The van der Waals surface area contributed by atoms with Gasteiger partial charge in [0.1, 0.15) is 12.2 Å². The predicted octanol–water partition coefficient (Wildman–Crippen LogP) is 2.17. The van der Waals surface area contributed by atoms with Gasteiger partial charge in [0.15, 0.2) is 0 Å². The van der Waals surface area contributed by atoms with Gasteiger partial charge in [0.25, 0.3) is 11.8 Å². The Morgan fingerprint density at radius 2 is 1.96 bits per heavy atom. The van der Waals surface area contributed by atoms with Gasteiger partial charge in [-0.25, -0.2) is 9.97 Å². The number of carbonyl (C=O) groups is 1. The van der Waals surface area contributed by atoms with Gasteiger partial charge in [-0.1, -0.05) is 0 Å². The lowest BCUT2D eigenvalue weighted by atomic mass is 9.92. The summed E-state index contributed by atoms with van der Waals surface area (Å²) >= 11 is 0. The minimum atomic E-state index is -0.0874. The number of ether oxygens (including phenoxy) is 1. The number of nitriles is 1. The van der Waals surface area contributed by atoms with Crippen molar-refractivity contribution in [1.82, 2.24) is 20.3 Å². The molecule has 0 radical (unpaired) electrons. The maximum atomic E-state index is 12.4. The summed E-state index contributed by atoms with van der Waals surface area (Å²) in [5, 5.41) is 12.1. The van der Waals surface area contributed by atoms with E-state index in [9.17, 15) is 4.79 Å². The van der Waals surface area contributed by atoms with Gasteiger partial charge in [-0.15, -0.1) is 0 Å². The van der Waals surface area contributed by atoms with Crippen molar-refractivity contribution >= 4 is 5.91 Å². The molecule has 0 saturated heterocycles. The summed E-state index contributed by atoms with van der Waals surface area (Å²) in [6.45, 7) is 1.83. The first-order chi connectivity index (χ1) is 12.2. The second-order valence-corrected chi connectivity index (χ2v) is 6.02. The van der Waals surface area contributed by atoms with E-state index in [1.165, 1.54) is 12.4 Å². The zero-order valence-corrected chi connectivity index (χ0v) is 14.0. The summed E-state index contributed by atoms with van der Waals surface area (Å²) < 4.78 is 5.82. The fourth-order valence-electron chi connectivity index (χ4n) is 2.96. The molecule has 2 heterocycles. The maximum absolute atomic E-state index is 12.4. The third-order valence-corrected chi connectivity index (χ3v) is 4.31. The number of hydrogen-bond acceptors (Lipinski definition) is 6. The van der Waals surface area contributed by atoms with Crippen molar-refractivity contribution in [1.29, 1.82) is 5.26 Å². The van der Waals surface area contributed by atoms with Crippen LogP contribution in [-0.2, 0) is 0 Å². The van der Waals surface area contributed by atoms with E-state index in [2.05, 4.69) is 20.3 Å². The number of amides is 1. The largest absolute Gasteiger partial charge is 0.472 e. The quantitative estimate of drug-likeness (QED) is 0.917. The molecule has 0 bridgehead atoms. The second-order valence-electron chi connectivity index (χ2n) is 6.02. The van der Waals surface area contributed by atoms with E-state index in [4.69, 9.17) is 10.00 Å². The van der Waals surface area contributed by atoms with Crippen LogP contribution < -0.4 is 10.1 Å². The lowest BCUT2D eigenvalue weighted by Crippen LogP contribution is -2.40. The van der Waals surface area contributed by atoms with Gasteiger partial charge in [0.05, 0.1) is 5.56 Å². The highest BCUT2D eigenvalue weighted by Crippen LogP contribution is 2.24. The van der Waals surface area contributed by atoms with Gasteiger partial charge < -0.3 is 10.1 Å². The summed E-state index contributed by atoms with van der Waals surface area (Å²) in [6.07, 6.45) is 7.86. The lowest BCUT2D eigenvalue weighted by molar-refractivity contribution is 0.0888. The molecule has 2 aromatic heterocycles. The third kappa shape index (κ3) is 4.10. The summed E-state index contributed by atoms with van der Waals surface area (Å²) in [5.41, 5.74) is 1.53. The number of hydrogen-bond donors (Lipinski definition) is 1. The molecule has 1 amide bonds. The molecule has 128 valence electrons. The molecule has 0 aliphatic heterocycles. The minimum absolute atomic E-state index is 0.0166. The van der Waals surface area contributed by atoms with Crippen LogP contribution in [0.15, 0.2) is 30.7 Å². The van der Waals surface area contributed by atoms with Gasteiger partial charge in [-0.05, 0) is 44.7 Å². The number of aromatic nitrogens is 3. The highest BCUT2D eigenvalue weighted by molar-refractivity contribution is 5.95. The van der Waals surface area contributed by atoms with Crippen LogP contribution >= 0.6 is 0 Å². The first kappa shape index (κ1) is 16.8. The Bertz CT molecular complexity index is 794. The number of nitrogens with zero attached hydrogens (tertiary/aromatic N) is 4. The van der Waals surface area contributed by atoms with E-state index >= 15 is 0 Å². The van der Waals surface area contributed by atoms with Crippen molar-refractivity contribution in [2.75, 3.05) is 0 Å². The Balaban J connectivity index is 1.53. The summed E-state index contributed by atoms with van der Waals surface area (Å²) in [7, 11) is 0. The number of aryl methyl sites for hydroxylation is 1. The number of pyridine rings is 1. The Morgan fingerprint density at radius 3 is 2.68 bits per heavy atom. The van der Waals surface area contributed by atoms with Crippen LogP contribution in [0.1, 0.15) is 47.4 Å². The van der Waals surface area contributed by atoms with E-state index in [0.717, 1.165) is 31.4 Å². The molecule has 0 aromatic carbocycles. The standard InChI is InChI=1S/C18H19N5O2/c1-12-15(3-2-8-20-12)17(24)23-13-4-6-14(7-5-13)25-18-16(11-19)21-9-10-22-18/h2-3,8-10,13-14H,4-7H2,1H3,(H,23,24). The van der Waals surface area contributed by atoms with Crippen LogP contribution in [0.5, 0.6) is 5.88 Å².